The van der Waals surface area contributed by atoms with Gasteiger partial charge in [0.25, 0.3) is 0 Å². The van der Waals surface area contributed by atoms with Crippen LogP contribution in [0.2, 0.25) is 10.0 Å². The maximum Gasteiger partial charge on any atom is 0.146 e. The molecule has 1 atom stereocenters. The molecule has 0 aliphatic carbocycles. The molecule has 0 fully saturated rings. The molecule has 0 amide bonds. The van der Waals surface area contributed by atoms with E-state index in [9.17, 15) is 9.50 Å². The molecule has 106 valence electrons. The fraction of sp³-hybridized carbons (Fsp3) is 0.143. The SMILES string of the molecule is C[C@H](O)c1ccc(Oc2cc(F)c(Cl)cc2Br)c(Cl)c1. The van der Waals surface area contributed by atoms with Crippen molar-refractivity contribution in [2.75, 3.05) is 0 Å². The van der Waals surface area contributed by atoms with Gasteiger partial charge in [-0.3, -0.25) is 0 Å². The molecule has 0 radical (unpaired) electrons. The molecule has 0 spiro atoms. The van der Waals surface area contributed by atoms with E-state index in [4.69, 9.17) is 27.9 Å². The molecule has 0 aromatic heterocycles. The zero-order valence-electron chi connectivity index (χ0n) is 10.3. The third-order valence-electron chi connectivity index (χ3n) is 2.63. The fourth-order valence-corrected chi connectivity index (χ4v) is 2.51. The number of halogens is 4. The minimum Gasteiger partial charge on any atom is -0.455 e. The number of aliphatic hydroxyl groups excluding tert-OH is 1. The van der Waals surface area contributed by atoms with Crippen LogP contribution in [0.15, 0.2) is 34.8 Å². The van der Waals surface area contributed by atoms with Crippen LogP contribution in [0.4, 0.5) is 4.39 Å². The molecule has 20 heavy (non-hydrogen) atoms. The molecule has 0 aliphatic heterocycles. The minimum atomic E-state index is -0.624. The molecule has 2 aromatic rings. The first-order valence-electron chi connectivity index (χ1n) is 5.68. The van der Waals surface area contributed by atoms with Crippen LogP contribution < -0.4 is 4.74 Å². The molecule has 0 saturated carbocycles. The zero-order valence-corrected chi connectivity index (χ0v) is 13.4. The summed E-state index contributed by atoms with van der Waals surface area (Å²) in [7, 11) is 0. The van der Waals surface area contributed by atoms with Gasteiger partial charge in [-0.25, -0.2) is 4.39 Å². The van der Waals surface area contributed by atoms with Crippen LogP contribution >= 0.6 is 39.1 Å². The molecule has 0 aliphatic rings. The van der Waals surface area contributed by atoms with Crippen LogP contribution in [0.3, 0.4) is 0 Å². The van der Waals surface area contributed by atoms with E-state index >= 15 is 0 Å². The maximum atomic E-state index is 13.4. The molecule has 0 heterocycles. The third kappa shape index (κ3) is 3.44. The third-order valence-corrected chi connectivity index (χ3v) is 3.84. The first-order valence-corrected chi connectivity index (χ1v) is 7.23. The zero-order chi connectivity index (χ0) is 14.9. The Kier molecular flexibility index (Phi) is 4.91. The van der Waals surface area contributed by atoms with Gasteiger partial charge in [-0.05, 0) is 46.6 Å². The Bertz CT molecular complexity index is 647. The van der Waals surface area contributed by atoms with Crippen molar-refractivity contribution in [3.05, 3.63) is 56.2 Å². The Morgan fingerprint density at radius 3 is 2.45 bits per heavy atom. The largest absolute Gasteiger partial charge is 0.455 e. The number of aliphatic hydroxyl groups is 1. The second-order valence-electron chi connectivity index (χ2n) is 4.16. The summed E-state index contributed by atoms with van der Waals surface area (Å²) in [6.07, 6.45) is -0.624. The van der Waals surface area contributed by atoms with Crippen LogP contribution in [-0.2, 0) is 0 Å². The Balaban J connectivity index is 2.33. The van der Waals surface area contributed by atoms with Gasteiger partial charge in [0.15, 0.2) is 0 Å². The Hall–Kier alpha value is -0.810. The molecular formula is C14H10BrCl2FO2. The fourth-order valence-electron chi connectivity index (χ4n) is 1.56. The highest BCUT2D eigenvalue weighted by molar-refractivity contribution is 9.10. The Morgan fingerprint density at radius 2 is 1.85 bits per heavy atom. The molecule has 2 nitrogen and oxygen atoms in total. The average Bonchev–Trinajstić information content (AvgIpc) is 2.37. The molecule has 0 bridgehead atoms. The number of hydrogen-bond donors (Lipinski definition) is 1. The molecule has 0 saturated heterocycles. The van der Waals surface area contributed by atoms with Crippen LogP contribution in [0, 0.1) is 5.82 Å². The number of ether oxygens (including phenoxy) is 1. The molecule has 0 unspecified atom stereocenters. The number of hydrogen-bond acceptors (Lipinski definition) is 2. The standard InChI is InChI=1S/C14H10BrCl2FO2/c1-7(19)8-2-3-13(11(17)4-8)20-14-6-12(18)10(16)5-9(14)15/h2-7,19H,1H3/t7-/m0/s1. The van der Waals surface area contributed by atoms with Gasteiger partial charge >= 0.3 is 0 Å². The highest BCUT2D eigenvalue weighted by Crippen LogP contribution is 2.37. The summed E-state index contributed by atoms with van der Waals surface area (Å²) in [5.41, 5.74) is 0.670. The van der Waals surface area contributed by atoms with Crippen molar-refractivity contribution >= 4 is 39.1 Å². The van der Waals surface area contributed by atoms with E-state index in [0.29, 0.717) is 20.8 Å². The van der Waals surface area contributed by atoms with Gasteiger partial charge in [-0.2, -0.15) is 0 Å². The summed E-state index contributed by atoms with van der Waals surface area (Å²) < 4.78 is 19.5. The minimum absolute atomic E-state index is 0.000208. The average molecular weight is 380 g/mol. The molecule has 2 aromatic carbocycles. The van der Waals surface area contributed by atoms with E-state index in [1.165, 1.54) is 12.1 Å². The lowest BCUT2D eigenvalue weighted by Gasteiger charge is -2.12. The van der Waals surface area contributed by atoms with E-state index < -0.39 is 11.9 Å². The van der Waals surface area contributed by atoms with Gasteiger partial charge in [0.05, 0.1) is 20.6 Å². The highest BCUT2D eigenvalue weighted by atomic mass is 79.9. The first-order chi connectivity index (χ1) is 9.38. The van der Waals surface area contributed by atoms with E-state index in [0.717, 1.165) is 0 Å². The summed E-state index contributed by atoms with van der Waals surface area (Å²) in [6, 6.07) is 7.48. The Morgan fingerprint density at radius 1 is 1.15 bits per heavy atom. The summed E-state index contributed by atoms with van der Waals surface area (Å²) in [5.74, 6) is 0.0404. The number of benzene rings is 2. The van der Waals surface area contributed by atoms with Gasteiger partial charge in [0.2, 0.25) is 0 Å². The first kappa shape index (κ1) is 15.6. The topological polar surface area (TPSA) is 29.5 Å². The van der Waals surface area contributed by atoms with Crippen LogP contribution in [0.5, 0.6) is 11.5 Å². The lowest BCUT2D eigenvalue weighted by molar-refractivity contribution is 0.199. The van der Waals surface area contributed by atoms with Crippen molar-refractivity contribution in [1.82, 2.24) is 0 Å². The Labute approximate surface area is 134 Å². The van der Waals surface area contributed by atoms with E-state index in [1.807, 2.05) is 0 Å². The van der Waals surface area contributed by atoms with Crippen LogP contribution in [-0.4, -0.2) is 5.11 Å². The van der Waals surface area contributed by atoms with Gasteiger partial charge in [-0.1, -0.05) is 29.3 Å². The van der Waals surface area contributed by atoms with E-state index in [1.54, 1.807) is 25.1 Å². The molecule has 2 rings (SSSR count). The van der Waals surface area contributed by atoms with E-state index in [-0.39, 0.29) is 10.8 Å². The second kappa shape index (κ2) is 6.31. The van der Waals surface area contributed by atoms with Gasteiger partial charge in [0.1, 0.15) is 17.3 Å². The summed E-state index contributed by atoms with van der Waals surface area (Å²) in [6.45, 7) is 1.64. The van der Waals surface area contributed by atoms with Crippen molar-refractivity contribution in [2.45, 2.75) is 13.0 Å². The van der Waals surface area contributed by atoms with Crippen molar-refractivity contribution in [1.29, 1.82) is 0 Å². The lowest BCUT2D eigenvalue weighted by atomic mass is 10.1. The second-order valence-corrected chi connectivity index (χ2v) is 5.83. The molecule has 6 heteroatoms. The lowest BCUT2D eigenvalue weighted by Crippen LogP contribution is -1.93. The number of rotatable bonds is 3. The normalized spacial score (nSPS) is 12.3. The van der Waals surface area contributed by atoms with Crippen molar-refractivity contribution < 1.29 is 14.2 Å². The highest BCUT2D eigenvalue weighted by Gasteiger charge is 2.12. The van der Waals surface area contributed by atoms with Crippen molar-refractivity contribution in [2.24, 2.45) is 0 Å². The summed E-state index contributed by atoms with van der Waals surface area (Å²) in [4.78, 5) is 0. The van der Waals surface area contributed by atoms with Gasteiger partial charge in [0, 0.05) is 6.07 Å². The quantitative estimate of drug-likeness (QED) is 0.689. The maximum absolute atomic E-state index is 13.4. The van der Waals surface area contributed by atoms with Gasteiger partial charge < -0.3 is 9.84 Å². The summed E-state index contributed by atoms with van der Waals surface area (Å²) in [5, 5.41) is 9.79. The summed E-state index contributed by atoms with van der Waals surface area (Å²) >= 11 is 15.0. The molecular weight excluding hydrogens is 370 g/mol. The van der Waals surface area contributed by atoms with Crippen molar-refractivity contribution in [3.63, 3.8) is 0 Å². The van der Waals surface area contributed by atoms with Crippen molar-refractivity contribution in [3.8, 4) is 11.5 Å². The van der Waals surface area contributed by atoms with Crippen LogP contribution in [0.25, 0.3) is 0 Å². The van der Waals surface area contributed by atoms with Crippen LogP contribution in [0.1, 0.15) is 18.6 Å². The van der Waals surface area contributed by atoms with Gasteiger partial charge in [-0.15, -0.1) is 0 Å². The predicted octanol–water partition coefficient (Wildman–Crippen LogP) is 5.74. The smallest absolute Gasteiger partial charge is 0.146 e. The predicted molar refractivity (Wildman–Crippen MR) is 81.3 cm³/mol. The van der Waals surface area contributed by atoms with E-state index in [2.05, 4.69) is 15.9 Å². The monoisotopic (exact) mass is 378 g/mol. The molecule has 1 N–H and O–H groups in total.